The summed E-state index contributed by atoms with van der Waals surface area (Å²) in [6.45, 7) is 1.70. The van der Waals surface area contributed by atoms with Crippen molar-refractivity contribution < 1.29 is 24.9 Å². The molecule has 0 saturated carbocycles. The molecule has 0 aliphatic carbocycles. The summed E-state index contributed by atoms with van der Waals surface area (Å²) in [5.74, 6) is -0.121. The van der Waals surface area contributed by atoms with Gasteiger partial charge in [0.15, 0.2) is 0 Å². The molecule has 2 heterocycles. The second kappa shape index (κ2) is 5.52. The lowest BCUT2D eigenvalue weighted by atomic mass is 9.90. The Labute approximate surface area is 106 Å². The number of nitrogens with zero attached hydrogens (tertiary/aromatic N) is 1. The van der Waals surface area contributed by atoms with Crippen molar-refractivity contribution in [2.45, 2.75) is 56.6 Å². The van der Waals surface area contributed by atoms with E-state index in [1.807, 2.05) is 0 Å². The summed E-state index contributed by atoms with van der Waals surface area (Å²) in [6.07, 6.45) is -0.803. The molecule has 2 aliphatic rings. The summed E-state index contributed by atoms with van der Waals surface area (Å²) in [5, 5.41) is 29.2. The van der Waals surface area contributed by atoms with Crippen LogP contribution in [0.2, 0.25) is 0 Å². The van der Waals surface area contributed by atoms with Crippen LogP contribution in [0, 0.1) is 0 Å². The Balaban J connectivity index is 2.23. The van der Waals surface area contributed by atoms with Crippen molar-refractivity contribution in [3.05, 3.63) is 0 Å². The molecule has 2 saturated heterocycles. The van der Waals surface area contributed by atoms with Crippen molar-refractivity contribution in [2.24, 2.45) is 0 Å². The van der Waals surface area contributed by atoms with Crippen LogP contribution in [0.5, 0.6) is 0 Å². The number of amides is 1. The Morgan fingerprint density at radius 3 is 2.67 bits per heavy atom. The van der Waals surface area contributed by atoms with E-state index >= 15 is 0 Å². The van der Waals surface area contributed by atoms with Crippen molar-refractivity contribution in [2.75, 3.05) is 13.2 Å². The molecule has 0 bridgehead atoms. The molecule has 0 aromatic rings. The van der Waals surface area contributed by atoms with Gasteiger partial charge in [0.05, 0.1) is 18.8 Å². The fourth-order valence-corrected chi connectivity index (χ4v) is 2.95. The standard InChI is InChI=1S/C12H21NO5/c1-7(15)13-5-3-2-4-8-10(13)12(17)11(16)9(6-14)18-8/h8-12,14,16-17H,2-6H2,1H3/t8-,9-,10+,11+,12-/m1/s1. The predicted molar refractivity (Wildman–Crippen MR) is 62.8 cm³/mol. The number of aliphatic hydroxyl groups is 3. The highest BCUT2D eigenvalue weighted by Crippen LogP contribution is 2.30. The van der Waals surface area contributed by atoms with Crippen molar-refractivity contribution in [1.82, 2.24) is 4.90 Å². The zero-order valence-corrected chi connectivity index (χ0v) is 10.5. The van der Waals surface area contributed by atoms with E-state index in [1.165, 1.54) is 6.92 Å². The van der Waals surface area contributed by atoms with Crippen LogP contribution in [0.15, 0.2) is 0 Å². The van der Waals surface area contributed by atoms with E-state index in [0.717, 1.165) is 19.3 Å². The van der Waals surface area contributed by atoms with Crippen LogP contribution in [0.3, 0.4) is 0 Å². The Morgan fingerprint density at radius 1 is 1.33 bits per heavy atom. The van der Waals surface area contributed by atoms with Crippen molar-refractivity contribution >= 4 is 5.91 Å². The average Bonchev–Trinajstić information content (AvgIpc) is 2.55. The molecule has 1 amide bonds. The molecule has 0 aromatic heterocycles. The predicted octanol–water partition coefficient (Wildman–Crippen LogP) is -1.13. The van der Waals surface area contributed by atoms with E-state index in [2.05, 4.69) is 0 Å². The summed E-state index contributed by atoms with van der Waals surface area (Å²) < 4.78 is 5.63. The summed E-state index contributed by atoms with van der Waals surface area (Å²) in [6, 6.07) is -0.511. The van der Waals surface area contributed by atoms with Crippen LogP contribution in [-0.4, -0.2) is 69.7 Å². The molecule has 6 heteroatoms. The molecule has 3 N–H and O–H groups in total. The van der Waals surface area contributed by atoms with Gasteiger partial charge in [0, 0.05) is 13.5 Å². The highest BCUT2D eigenvalue weighted by molar-refractivity contribution is 5.73. The molecule has 6 nitrogen and oxygen atoms in total. The third-order valence-corrected chi connectivity index (χ3v) is 3.89. The number of rotatable bonds is 1. The first-order chi connectivity index (χ1) is 8.56. The largest absolute Gasteiger partial charge is 0.394 e. The number of hydrogen-bond acceptors (Lipinski definition) is 5. The van der Waals surface area contributed by atoms with E-state index in [0.29, 0.717) is 6.54 Å². The van der Waals surface area contributed by atoms with Gasteiger partial charge in [0.25, 0.3) is 0 Å². The van der Waals surface area contributed by atoms with E-state index in [4.69, 9.17) is 9.84 Å². The monoisotopic (exact) mass is 259 g/mol. The molecule has 104 valence electrons. The van der Waals surface area contributed by atoms with Gasteiger partial charge in [-0.3, -0.25) is 4.79 Å². The molecule has 18 heavy (non-hydrogen) atoms. The lowest BCUT2D eigenvalue weighted by molar-refractivity contribution is -0.212. The molecule has 0 radical (unpaired) electrons. The lowest BCUT2D eigenvalue weighted by Gasteiger charge is -2.45. The van der Waals surface area contributed by atoms with Gasteiger partial charge in [0.2, 0.25) is 5.91 Å². The Hall–Kier alpha value is -0.690. The number of carbonyl (C=O) groups is 1. The molecular weight excluding hydrogens is 238 g/mol. The average molecular weight is 259 g/mol. The molecular formula is C12H21NO5. The van der Waals surface area contributed by atoms with E-state index in [-0.39, 0.29) is 18.6 Å². The van der Waals surface area contributed by atoms with Gasteiger partial charge in [-0.15, -0.1) is 0 Å². The van der Waals surface area contributed by atoms with Crippen LogP contribution in [0.1, 0.15) is 26.2 Å². The normalized spacial score (nSPS) is 41.1. The van der Waals surface area contributed by atoms with E-state index in [1.54, 1.807) is 4.90 Å². The number of hydrogen-bond donors (Lipinski definition) is 3. The van der Waals surface area contributed by atoms with Crippen LogP contribution in [-0.2, 0) is 9.53 Å². The SMILES string of the molecule is CC(=O)N1CCCC[C@H]2O[C@H](CO)[C@H](O)[C@H](O)[C@H]21. The quantitative estimate of drug-likeness (QED) is 0.554. The Morgan fingerprint density at radius 2 is 2.06 bits per heavy atom. The third kappa shape index (κ3) is 2.38. The van der Waals surface area contributed by atoms with Gasteiger partial charge in [-0.05, 0) is 19.3 Å². The van der Waals surface area contributed by atoms with Gasteiger partial charge >= 0.3 is 0 Å². The topological polar surface area (TPSA) is 90.2 Å². The third-order valence-electron chi connectivity index (χ3n) is 3.89. The Bertz CT molecular complexity index is 311. The number of fused-ring (bicyclic) bond motifs is 1. The van der Waals surface area contributed by atoms with Crippen LogP contribution < -0.4 is 0 Å². The second-order valence-electron chi connectivity index (χ2n) is 5.08. The second-order valence-corrected chi connectivity index (χ2v) is 5.08. The zero-order valence-electron chi connectivity index (χ0n) is 10.5. The molecule has 0 spiro atoms. The van der Waals surface area contributed by atoms with E-state index in [9.17, 15) is 15.0 Å². The smallest absolute Gasteiger partial charge is 0.219 e. The van der Waals surface area contributed by atoms with Gasteiger partial charge < -0.3 is 25.0 Å². The first-order valence-corrected chi connectivity index (χ1v) is 6.46. The summed E-state index contributed by atoms with van der Waals surface area (Å²) in [5.41, 5.74) is 0. The summed E-state index contributed by atoms with van der Waals surface area (Å²) in [4.78, 5) is 13.2. The van der Waals surface area contributed by atoms with Crippen molar-refractivity contribution in [3.8, 4) is 0 Å². The van der Waals surface area contributed by atoms with Gasteiger partial charge in [0.1, 0.15) is 18.3 Å². The maximum absolute atomic E-state index is 11.6. The highest BCUT2D eigenvalue weighted by Gasteiger charge is 2.47. The highest BCUT2D eigenvalue weighted by atomic mass is 16.5. The first-order valence-electron chi connectivity index (χ1n) is 6.46. The fourth-order valence-electron chi connectivity index (χ4n) is 2.95. The summed E-state index contributed by atoms with van der Waals surface area (Å²) in [7, 11) is 0. The fraction of sp³-hybridized carbons (Fsp3) is 0.917. The van der Waals surface area contributed by atoms with Crippen LogP contribution in [0.4, 0.5) is 0 Å². The first kappa shape index (κ1) is 13.7. The molecule has 2 rings (SSSR count). The lowest BCUT2D eigenvalue weighted by Crippen LogP contribution is -2.64. The maximum atomic E-state index is 11.6. The number of carbonyl (C=O) groups excluding carboxylic acids is 1. The molecule has 2 aliphatic heterocycles. The molecule has 0 aromatic carbocycles. The maximum Gasteiger partial charge on any atom is 0.219 e. The van der Waals surface area contributed by atoms with Gasteiger partial charge in [-0.2, -0.15) is 0 Å². The molecule has 5 atom stereocenters. The molecule has 0 unspecified atom stereocenters. The van der Waals surface area contributed by atoms with Gasteiger partial charge in [-0.25, -0.2) is 0 Å². The number of ether oxygens (including phenoxy) is 1. The number of likely N-dealkylation sites (tertiary alicyclic amines) is 1. The minimum absolute atomic E-state index is 0.121. The zero-order chi connectivity index (χ0) is 13.3. The summed E-state index contributed by atoms with van der Waals surface area (Å²) >= 11 is 0. The van der Waals surface area contributed by atoms with Crippen LogP contribution in [0.25, 0.3) is 0 Å². The van der Waals surface area contributed by atoms with Crippen molar-refractivity contribution in [3.63, 3.8) is 0 Å². The molecule has 2 fully saturated rings. The van der Waals surface area contributed by atoms with E-state index < -0.39 is 24.4 Å². The number of aliphatic hydroxyl groups excluding tert-OH is 3. The minimum Gasteiger partial charge on any atom is -0.394 e. The van der Waals surface area contributed by atoms with Crippen molar-refractivity contribution in [1.29, 1.82) is 0 Å². The van der Waals surface area contributed by atoms with Gasteiger partial charge in [-0.1, -0.05) is 0 Å². The minimum atomic E-state index is -1.16. The van der Waals surface area contributed by atoms with Crippen LogP contribution >= 0.6 is 0 Å². The Kier molecular flexibility index (Phi) is 4.21.